The second kappa shape index (κ2) is 7.88. The van der Waals surface area contributed by atoms with Crippen LogP contribution < -0.4 is 5.32 Å². The fraction of sp³-hybridized carbons (Fsp3) is 0.0476. The molecule has 1 aromatic carbocycles. The van der Waals surface area contributed by atoms with Crippen LogP contribution in [0.2, 0.25) is 5.02 Å². The van der Waals surface area contributed by atoms with Crippen LogP contribution in [0.15, 0.2) is 66.6 Å². The van der Waals surface area contributed by atoms with Crippen molar-refractivity contribution in [3.8, 4) is 21.7 Å². The molecule has 0 saturated heterocycles. The molecule has 0 bridgehead atoms. The van der Waals surface area contributed by atoms with E-state index in [0.29, 0.717) is 16.4 Å². The topological polar surface area (TPSA) is 67.8 Å². The van der Waals surface area contributed by atoms with Crippen molar-refractivity contribution < 1.29 is 4.79 Å². The minimum absolute atomic E-state index is 0.219. The lowest BCUT2D eigenvalue weighted by Crippen LogP contribution is -2.14. The number of hydrogen-bond acceptors (Lipinski definition) is 5. The molecular formula is C21H15ClN4OS. The van der Waals surface area contributed by atoms with Gasteiger partial charge in [-0.1, -0.05) is 17.7 Å². The second-order valence-electron chi connectivity index (χ2n) is 6.11. The number of aryl methyl sites for hydroxylation is 1. The first-order chi connectivity index (χ1) is 13.6. The molecule has 0 atom stereocenters. The van der Waals surface area contributed by atoms with Gasteiger partial charge in [-0.2, -0.15) is 0 Å². The highest BCUT2D eigenvalue weighted by atomic mass is 35.5. The van der Waals surface area contributed by atoms with Gasteiger partial charge in [-0.25, -0.2) is 9.97 Å². The summed E-state index contributed by atoms with van der Waals surface area (Å²) in [6.45, 7) is 1.84. The predicted molar refractivity (Wildman–Crippen MR) is 113 cm³/mol. The third kappa shape index (κ3) is 3.78. The van der Waals surface area contributed by atoms with Crippen LogP contribution in [0.1, 0.15) is 15.9 Å². The number of carbonyl (C=O) groups excluding carboxylic acids is 1. The summed E-state index contributed by atoms with van der Waals surface area (Å²) in [6.07, 6.45) is 6.72. The Morgan fingerprint density at radius 3 is 2.61 bits per heavy atom. The third-order valence-electron chi connectivity index (χ3n) is 4.23. The van der Waals surface area contributed by atoms with E-state index < -0.39 is 0 Å². The van der Waals surface area contributed by atoms with E-state index in [1.54, 1.807) is 48.3 Å². The van der Waals surface area contributed by atoms with E-state index in [0.717, 1.165) is 27.3 Å². The Morgan fingerprint density at radius 2 is 1.89 bits per heavy atom. The number of hydrogen-bond donors (Lipinski definition) is 1. The Bertz CT molecular complexity index is 1130. The Morgan fingerprint density at radius 1 is 1.04 bits per heavy atom. The van der Waals surface area contributed by atoms with Crippen LogP contribution in [0.4, 0.5) is 5.82 Å². The zero-order chi connectivity index (χ0) is 19.5. The maximum absolute atomic E-state index is 12.4. The van der Waals surface area contributed by atoms with E-state index in [1.165, 1.54) is 0 Å². The van der Waals surface area contributed by atoms with Crippen molar-refractivity contribution in [3.63, 3.8) is 0 Å². The van der Waals surface area contributed by atoms with Crippen LogP contribution in [0.25, 0.3) is 21.7 Å². The van der Waals surface area contributed by atoms with Crippen LogP contribution in [0, 0.1) is 6.92 Å². The summed E-state index contributed by atoms with van der Waals surface area (Å²) in [5.41, 5.74) is 4.11. The summed E-state index contributed by atoms with van der Waals surface area (Å²) >= 11 is 7.97. The first-order valence-electron chi connectivity index (χ1n) is 8.49. The number of aromatic nitrogens is 3. The fourth-order valence-corrected chi connectivity index (χ4v) is 3.65. The van der Waals surface area contributed by atoms with Gasteiger partial charge in [0.25, 0.3) is 5.91 Å². The van der Waals surface area contributed by atoms with Crippen molar-refractivity contribution in [3.05, 3.63) is 82.7 Å². The van der Waals surface area contributed by atoms with Crippen LogP contribution in [0.3, 0.4) is 0 Å². The number of carbonyl (C=O) groups is 1. The van der Waals surface area contributed by atoms with Gasteiger partial charge in [-0.15, -0.1) is 11.3 Å². The van der Waals surface area contributed by atoms with Gasteiger partial charge in [-0.3, -0.25) is 9.78 Å². The number of nitrogens with one attached hydrogen (secondary N) is 1. The van der Waals surface area contributed by atoms with Gasteiger partial charge in [0.05, 0.1) is 0 Å². The van der Waals surface area contributed by atoms with E-state index >= 15 is 0 Å². The lowest BCUT2D eigenvalue weighted by atomic mass is 10.0. The average Bonchev–Trinajstić information content (AvgIpc) is 3.24. The SMILES string of the molecule is Cc1cnccc1C(=O)Nc1ccc(-c2cc(-c3nccs3)ccc2Cl)cn1. The summed E-state index contributed by atoms with van der Waals surface area (Å²) in [4.78, 5) is 25.1. The zero-order valence-electron chi connectivity index (χ0n) is 14.9. The van der Waals surface area contributed by atoms with Crippen molar-refractivity contribution >= 4 is 34.7 Å². The van der Waals surface area contributed by atoms with E-state index in [4.69, 9.17) is 11.6 Å². The largest absolute Gasteiger partial charge is 0.307 e. The molecule has 0 aliphatic heterocycles. The third-order valence-corrected chi connectivity index (χ3v) is 5.38. The Kier molecular flexibility index (Phi) is 5.14. The molecule has 0 spiro atoms. The van der Waals surface area contributed by atoms with Gasteiger partial charge >= 0.3 is 0 Å². The van der Waals surface area contributed by atoms with Crippen molar-refractivity contribution in [1.29, 1.82) is 0 Å². The summed E-state index contributed by atoms with van der Waals surface area (Å²) in [7, 11) is 0. The first-order valence-corrected chi connectivity index (χ1v) is 9.75. The lowest BCUT2D eigenvalue weighted by Gasteiger charge is -2.09. The fourth-order valence-electron chi connectivity index (χ4n) is 2.78. The van der Waals surface area contributed by atoms with Gasteiger partial charge in [0.1, 0.15) is 10.8 Å². The highest BCUT2D eigenvalue weighted by Crippen LogP contribution is 2.33. The van der Waals surface area contributed by atoms with Gasteiger partial charge in [-0.05, 0) is 42.8 Å². The molecule has 0 radical (unpaired) electrons. The Labute approximate surface area is 171 Å². The molecule has 4 rings (SSSR count). The molecule has 138 valence electrons. The Balaban J connectivity index is 1.58. The van der Waals surface area contributed by atoms with Crippen LogP contribution in [0.5, 0.6) is 0 Å². The minimum atomic E-state index is -0.219. The predicted octanol–water partition coefficient (Wildman–Crippen LogP) is 5.48. The molecule has 0 saturated carbocycles. The molecule has 1 amide bonds. The van der Waals surface area contributed by atoms with Gasteiger partial charge in [0.2, 0.25) is 0 Å². The maximum Gasteiger partial charge on any atom is 0.257 e. The minimum Gasteiger partial charge on any atom is -0.307 e. The highest BCUT2D eigenvalue weighted by molar-refractivity contribution is 7.13. The monoisotopic (exact) mass is 406 g/mol. The zero-order valence-corrected chi connectivity index (χ0v) is 16.5. The summed E-state index contributed by atoms with van der Waals surface area (Å²) in [5.74, 6) is 0.251. The number of rotatable bonds is 4. The van der Waals surface area contributed by atoms with E-state index in [2.05, 4.69) is 20.3 Å². The molecule has 3 aromatic heterocycles. The molecule has 1 N–H and O–H groups in total. The quantitative estimate of drug-likeness (QED) is 0.487. The van der Waals surface area contributed by atoms with Crippen molar-refractivity contribution in [2.75, 3.05) is 5.32 Å². The molecule has 7 heteroatoms. The van der Waals surface area contributed by atoms with E-state index in [-0.39, 0.29) is 5.91 Å². The number of halogens is 1. The van der Waals surface area contributed by atoms with Crippen LogP contribution in [-0.4, -0.2) is 20.9 Å². The molecule has 0 unspecified atom stereocenters. The molecule has 0 fully saturated rings. The van der Waals surface area contributed by atoms with Crippen molar-refractivity contribution in [1.82, 2.24) is 15.0 Å². The first kappa shape index (κ1) is 18.3. The maximum atomic E-state index is 12.4. The molecule has 5 nitrogen and oxygen atoms in total. The number of nitrogens with zero attached hydrogens (tertiary/aromatic N) is 3. The lowest BCUT2D eigenvalue weighted by molar-refractivity contribution is 0.102. The molecule has 4 aromatic rings. The normalized spacial score (nSPS) is 10.6. The number of benzene rings is 1. The second-order valence-corrected chi connectivity index (χ2v) is 7.41. The summed E-state index contributed by atoms with van der Waals surface area (Å²) < 4.78 is 0. The molecular weight excluding hydrogens is 392 g/mol. The summed E-state index contributed by atoms with van der Waals surface area (Å²) in [6, 6.07) is 11.1. The summed E-state index contributed by atoms with van der Waals surface area (Å²) in [5, 5.41) is 6.31. The van der Waals surface area contributed by atoms with Crippen molar-refractivity contribution in [2.24, 2.45) is 0 Å². The van der Waals surface area contributed by atoms with E-state index in [1.807, 2.05) is 36.6 Å². The van der Waals surface area contributed by atoms with Crippen molar-refractivity contribution in [2.45, 2.75) is 6.92 Å². The number of thiazole rings is 1. The smallest absolute Gasteiger partial charge is 0.257 e. The molecule has 0 aliphatic carbocycles. The number of anilines is 1. The van der Waals surface area contributed by atoms with Gasteiger partial charge < -0.3 is 5.32 Å². The molecule has 3 heterocycles. The number of pyridine rings is 2. The average molecular weight is 407 g/mol. The van der Waals surface area contributed by atoms with Crippen LogP contribution >= 0.6 is 22.9 Å². The number of amides is 1. The highest BCUT2D eigenvalue weighted by Gasteiger charge is 2.11. The molecule has 0 aliphatic rings. The molecule has 28 heavy (non-hydrogen) atoms. The van der Waals surface area contributed by atoms with Gasteiger partial charge in [0, 0.05) is 57.4 Å². The van der Waals surface area contributed by atoms with Gasteiger partial charge in [0.15, 0.2) is 0 Å². The van der Waals surface area contributed by atoms with E-state index in [9.17, 15) is 4.79 Å². The Hall–Kier alpha value is -3.09. The van der Waals surface area contributed by atoms with Crippen LogP contribution in [-0.2, 0) is 0 Å². The standard InChI is InChI=1S/C21H15ClN4OS/c1-13-11-23-7-6-16(13)20(27)26-19-5-3-15(12-25-19)17-10-14(2-4-18(17)22)21-24-8-9-28-21/h2-12H,1H3,(H,25,26,27).